The first-order valence-corrected chi connectivity index (χ1v) is 27.8. The third-order valence-corrected chi connectivity index (χ3v) is 17.3. The molecule has 5 aliphatic heterocycles. The molecule has 10 N–H and O–H groups in total. The summed E-state index contributed by atoms with van der Waals surface area (Å²) < 4.78 is 41.1. The van der Waals surface area contributed by atoms with Crippen molar-refractivity contribution in [3.05, 3.63) is 80.1 Å². The SMILES string of the molecule is CO[C@H]1CCO[C@@]2(C)Oc3c(C)c(O)c4c(O)c(c(N5CCC(NC[C@@H]6CCN(c7c(F)cn8c(=O)c(C(=O)O)cc(C9CC9)c8c7C)C6)CC5)c(O)c4c3C2=O)NC(=O)/C(C)=C\C=C\[C@H](C)[C@H](O)[C@@H](N)[C@@H](O)[C@@H](C)[C@H](OC(C)=O)C1. The molecule has 2 saturated heterocycles. The van der Waals surface area contributed by atoms with E-state index in [9.17, 15) is 54.6 Å². The molecule has 7 heterocycles. The van der Waals surface area contributed by atoms with Crippen molar-refractivity contribution in [1.29, 1.82) is 0 Å². The van der Waals surface area contributed by atoms with E-state index in [1.807, 2.05) is 4.90 Å². The molecule has 1 saturated carbocycles. The lowest BCUT2D eigenvalue weighted by molar-refractivity contribution is -0.156. The zero-order chi connectivity index (χ0) is 58.7. The number of hydrogen-bond acceptors (Lipinski definition) is 18. The van der Waals surface area contributed by atoms with Gasteiger partial charge in [-0.2, -0.15) is 0 Å². The molecule has 6 aliphatic rings. The average molecular weight is 1130 g/mol. The fourth-order valence-corrected chi connectivity index (χ4v) is 12.3. The highest BCUT2D eigenvalue weighted by Gasteiger charge is 2.50. The van der Waals surface area contributed by atoms with E-state index in [4.69, 9.17) is 24.7 Å². The Labute approximate surface area is 468 Å². The van der Waals surface area contributed by atoms with Crippen LogP contribution in [0.3, 0.4) is 0 Å². The van der Waals surface area contributed by atoms with Crippen LogP contribution in [-0.2, 0) is 23.8 Å². The minimum atomic E-state index is -2.01. The van der Waals surface area contributed by atoms with E-state index >= 15 is 4.39 Å². The van der Waals surface area contributed by atoms with Crippen molar-refractivity contribution in [3.63, 3.8) is 0 Å². The first kappa shape index (κ1) is 58.8. The van der Waals surface area contributed by atoms with E-state index in [1.54, 1.807) is 31.7 Å². The third kappa shape index (κ3) is 11.2. The number of anilines is 3. The van der Waals surface area contributed by atoms with Crippen LogP contribution in [0.1, 0.15) is 123 Å². The summed E-state index contributed by atoms with van der Waals surface area (Å²) in [6.45, 7) is 12.8. The largest absolute Gasteiger partial charge is 0.507 e. The number of aryl methyl sites for hydroxylation is 1. The number of benzene rings is 2. The van der Waals surface area contributed by atoms with Crippen LogP contribution in [-0.4, -0.2) is 147 Å². The summed E-state index contributed by atoms with van der Waals surface area (Å²) in [5.41, 5.74) is 7.33. The van der Waals surface area contributed by atoms with Crippen LogP contribution < -0.4 is 36.5 Å². The number of ketones is 1. The molecule has 21 nitrogen and oxygen atoms in total. The Hall–Kier alpha value is -6.82. The predicted octanol–water partition coefficient (Wildman–Crippen LogP) is 5.80. The maximum Gasteiger partial charge on any atom is 0.341 e. The number of carboxylic acids is 1. The van der Waals surface area contributed by atoms with Gasteiger partial charge in [-0.1, -0.05) is 32.1 Å². The maximum atomic E-state index is 16.1. The minimum absolute atomic E-state index is 0.00771. The highest BCUT2D eigenvalue weighted by Crippen LogP contribution is 2.58. The van der Waals surface area contributed by atoms with E-state index in [2.05, 4.69) is 10.6 Å². The Kier molecular flexibility index (Phi) is 16.9. The number of aliphatic hydroxyl groups is 2. The number of rotatable bonds is 9. The number of nitrogens with one attached hydrogen (secondary N) is 2. The van der Waals surface area contributed by atoms with Crippen molar-refractivity contribution in [2.75, 3.05) is 61.6 Å². The van der Waals surface area contributed by atoms with Gasteiger partial charge < -0.3 is 75.8 Å². The summed E-state index contributed by atoms with van der Waals surface area (Å²) in [6, 6.07) is 0.220. The summed E-state index contributed by atoms with van der Waals surface area (Å²) in [7, 11) is 1.45. The van der Waals surface area contributed by atoms with Crippen LogP contribution in [0.5, 0.6) is 23.0 Å². The molecule has 0 radical (unpaired) electrons. The van der Waals surface area contributed by atoms with E-state index < -0.39 is 100 Å². The smallest absolute Gasteiger partial charge is 0.341 e. The van der Waals surface area contributed by atoms with Gasteiger partial charge in [0.25, 0.3) is 17.3 Å². The molecule has 81 heavy (non-hydrogen) atoms. The van der Waals surface area contributed by atoms with Gasteiger partial charge in [0, 0.05) is 88.0 Å². The number of aromatic nitrogens is 1. The summed E-state index contributed by atoms with van der Waals surface area (Å²) in [5, 5.41) is 75.3. The Morgan fingerprint density at radius 3 is 2.27 bits per heavy atom. The number of ether oxygens (including phenoxy) is 4. The first-order chi connectivity index (χ1) is 38.4. The number of amides is 1. The number of carbonyl (C=O) groups is 4. The van der Waals surface area contributed by atoms with Gasteiger partial charge in [0.05, 0.1) is 59.3 Å². The number of nitrogens with two attached hydrogens (primary N) is 1. The number of nitrogens with zero attached hydrogens (tertiary/aromatic N) is 3. The Morgan fingerprint density at radius 1 is 0.926 bits per heavy atom. The fraction of sp³-hybridized carbons (Fsp3) is 0.542. The predicted molar refractivity (Wildman–Crippen MR) is 299 cm³/mol. The molecule has 1 aliphatic carbocycles. The van der Waals surface area contributed by atoms with Gasteiger partial charge in [-0.25, -0.2) is 9.18 Å². The number of aromatic hydroxyl groups is 3. The number of carbonyl (C=O) groups excluding carboxylic acids is 3. The summed E-state index contributed by atoms with van der Waals surface area (Å²) in [5.74, 6) is -8.99. The lowest BCUT2D eigenvalue weighted by Crippen LogP contribution is -2.52. The number of phenolic OH excluding ortho intramolecular Hbond substituents is 3. The van der Waals surface area contributed by atoms with Crippen molar-refractivity contribution in [2.24, 2.45) is 23.5 Å². The number of pyridine rings is 2. The second-order valence-electron chi connectivity index (χ2n) is 22.9. The summed E-state index contributed by atoms with van der Waals surface area (Å²) >= 11 is 0. The van der Waals surface area contributed by atoms with Gasteiger partial charge in [-0.15, -0.1) is 0 Å². The Bertz CT molecular complexity index is 3300. The second-order valence-corrected chi connectivity index (χ2v) is 22.9. The minimum Gasteiger partial charge on any atom is -0.507 e. The quantitative estimate of drug-likeness (QED) is 0.0544. The summed E-state index contributed by atoms with van der Waals surface area (Å²) in [6.07, 6.45) is 5.20. The van der Waals surface area contributed by atoms with Crippen LogP contribution >= 0.6 is 0 Å². The molecule has 0 unspecified atom stereocenters. The number of hydrogen-bond donors (Lipinski definition) is 9. The number of piperidine rings is 1. The highest BCUT2D eigenvalue weighted by molar-refractivity contribution is 6.23. The van der Waals surface area contributed by atoms with Crippen LogP contribution in [0.25, 0.3) is 16.3 Å². The van der Waals surface area contributed by atoms with Crippen molar-refractivity contribution in [2.45, 2.75) is 142 Å². The molecular weight excluding hydrogens is 1050 g/mol. The van der Waals surface area contributed by atoms with Crippen LogP contribution in [0.15, 0.2) is 40.9 Å². The number of fused-ring (bicyclic) bond motifs is 16. The van der Waals surface area contributed by atoms with Crippen molar-refractivity contribution in [1.82, 2.24) is 9.72 Å². The molecule has 438 valence electrons. The molecule has 4 aromatic rings. The zero-order valence-electron chi connectivity index (χ0n) is 47.0. The molecule has 22 heteroatoms. The molecule has 10 rings (SSSR count). The standard InChI is InChI=1S/C59H75FN6O15/c1-27-10-9-11-28(2)56(74)63-45-48(64-19-15-35(16-20-64)62-24-33-14-18-65(25-33)47-30(4)46-37(34-12-13-34)23-38(58(76)77)57(75)66(46)26-39(47)60)53(72)41-42(52(45)71)50(69)31(5)54-43(41)55(73)59(7,81-54)79-21-17-36(78-8)22-40(80-32(6)67)29(3)51(70)44(61)49(27)68/h9-11,23,26-27,29,33-36,40,44,49,51,62,68-72H,12-22,24-25,61H2,1-8H3,(H,63,74)(H,76,77)/b10-9+,28-11-/t27-,29-,33-,36-,40+,44+,49-,51-,59-/m0/s1. The van der Waals surface area contributed by atoms with Gasteiger partial charge in [-0.3, -0.25) is 23.6 Å². The third-order valence-electron chi connectivity index (χ3n) is 17.3. The number of aliphatic hydroxyl groups excluding tert-OH is 2. The molecule has 2 aromatic carbocycles. The Balaban J connectivity index is 0.993. The molecule has 1 amide bonds. The lowest BCUT2D eigenvalue weighted by Gasteiger charge is -2.36. The number of esters is 1. The van der Waals surface area contributed by atoms with Gasteiger partial charge in [0.15, 0.2) is 11.6 Å². The lowest BCUT2D eigenvalue weighted by atomic mass is 9.84. The highest BCUT2D eigenvalue weighted by atomic mass is 19.1. The number of aromatic carboxylic acids is 1. The van der Waals surface area contributed by atoms with E-state index in [0.717, 1.165) is 35.4 Å². The van der Waals surface area contributed by atoms with E-state index in [0.29, 0.717) is 62.3 Å². The topological polar surface area (TPSA) is 305 Å². The van der Waals surface area contributed by atoms with E-state index in [-0.39, 0.29) is 87.5 Å². The number of allylic oxidation sites excluding steroid dienone is 2. The van der Waals surface area contributed by atoms with Gasteiger partial charge in [0.2, 0.25) is 5.78 Å². The Morgan fingerprint density at radius 2 is 1.62 bits per heavy atom. The number of halogens is 1. The van der Waals surface area contributed by atoms with Gasteiger partial charge in [-0.05, 0) is 94.9 Å². The number of phenols is 3. The zero-order valence-corrected chi connectivity index (χ0v) is 47.0. The molecule has 3 fully saturated rings. The van der Waals surface area contributed by atoms with Crippen molar-refractivity contribution in [3.8, 4) is 23.0 Å². The van der Waals surface area contributed by atoms with Crippen LogP contribution in [0.4, 0.5) is 21.5 Å². The maximum absolute atomic E-state index is 16.1. The van der Waals surface area contributed by atoms with Crippen molar-refractivity contribution >= 4 is 57.0 Å². The number of Topliss-reactive ketones (excluding diaryl/α,β-unsaturated/α-hetero) is 1. The summed E-state index contributed by atoms with van der Waals surface area (Å²) in [4.78, 5) is 70.3. The van der Waals surface area contributed by atoms with Crippen molar-refractivity contribution < 1.29 is 73.2 Å². The number of carboxylic acid groups (broad SMARTS) is 1. The number of methoxy groups -OCH3 is 1. The molecule has 9 atom stereocenters. The van der Waals surface area contributed by atoms with Crippen LogP contribution in [0, 0.1) is 37.4 Å². The fourth-order valence-electron chi connectivity index (χ4n) is 12.3. The first-order valence-electron chi connectivity index (χ1n) is 27.8. The van der Waals surface area contributed by atoms with Gasteiger partial charge in [0.1, 0.15) is 40.3 Å². The van der Waals surface area contributed by atoms with E-state index in [1.165, 1.54) is 53.0 Å². The average Bonchev–Trinajstić information content (AvgIpc) is 4.28. The molecule has 0 spiro atoms. The monoisotopic (exact) mass is 1130 g/mol. The van der Waals surface area contributed by atoms with Gasteiger partial charge >= 0.3 is 11.9 Å². The van der Waals surface area contributed by atoms with Crippen LogP contribution in [0.2, 0.25) is 0 Å². The molecule has 2 aromatic heterocycles. The molecule has 5 bridgehead atoms. The molecular formula is C59H75FN6O15. The normalized spacial score (nSPS) is 28.3. The second kappa shape index (κ2) is 23.2.